The van der Waals surface area contributed by atoms with Crippen LogP contribution in [0.4, 0.5) is 11.5 Å². The third-order valence-corrected chi connectivity index (χ3v) is 3.85. The van der Waals surface area contributed by atoms with E-state index in [0.29, 0.717) is 12.1 Å². The molecule has 0 bridgehead atoms. The molecule has 2 aromatic rings. The summed E-state index contributed by atoms with van der Waals surface area (Å²) in [6.45, 7) is 2.03. The van der Waals surface area contributed by atoms with Gasteiger partial charge in [0.05, 0.1) is 5.56 Å². The molecule has 1 N–H and O–H groups in total. The molecule has 0 amide bonds. The Bertz CT molecular complexity index is 604. The Hall–Kier alpha value is -1.21. The van der Waals surface area contributed by atoms with Gasteiger partial charge in [-0.1, -0.05) is 17.7 Å². The molecule has 1 heterocycles. The summed E-state index contributed by atoms with van der Waals surface area (Å²) in [6.07, 6.45) is 1.96. The van der Waals surface area contributed by atoms with Crippen molar-refractivity contribution < 1.29 is 4.79 Å². The van der Waals surface area contributed by atoms with E-state index >= 15 is 0 Å². The van der Waals surface area contributed by atoms with Crippen LogP contribution in [0.3, 0.4) is 0 Å². The number of nitrogens with zero attached hydrogens (tertiary/aromatic N) is 2. The van der Waals surface area contributed by atoms with Crippen molar-refractivity contribution in [1.82, 2.24) is 9.97 Å². The average molecular weight is 374 g/mol. The van der Waals surface area contributed by atoms with Gasteiger partial charge < -0.3 is 5.32 Å². The van der Waals surface area contributed by atoms with Crippen LogP contribution in [0.25, 0.3) is 0 Å². The topological polar surface area (TPSA) is 54.9 Å². The number of nitrogens with one attached hydrogen (secondary N) is 1. The molecule has 2 rings (SSSR count). The van der Waals surface area contributed by atoms with E-state index in [1.165, 1.54) is 11.9 Å². The fraction of sp³-hybridized carbons (Fsp3) is 0.0833. The largest absolute Gasteiger partial charge is 0.339 e. The molecule has 18 heavy (non-hydrogen) atoms. The Morgan fingerprint density at radius 1 is 1.39 bits per heavy atom. The molecule has 0 saturated carbocycles. The lowest BCUT2D eigenvalue weighted by Crippen LogP contribution is -2.01. The third kappa shape index (κ3) is 2.78. The fourth-order valence-corrected chi connectivity index (χ4v) is 2.08. The number of aromatic nitrogens is 2. The van der Waals surface area contributed by atoms with Crippen LogP contribution in [-0.4, -0.2) is 16.3 Å². The van der Waals surface area contributed by atoms with Gasteiger partial charge in [0.2, 0.25) is 0 Å². The van der Waals surface area contributed by atoms with E-state index in [1.54, 1.807) is 0 Å². The van der Waals surface area contributed by atoms with Crippen LogP contribution in [0.15, 0.2) is 24.5 Å². The minimum atomic E-state index is 0.143. The summed E-state index contributed by atoms with van der Waals surface area (Å²) in [6, 6.07) is 5.88. The number of halogens is 2. The quantitative estimate of drug-likeness (QED) is 0.507. The summed E-state index contributed by atoms with van der Waals surface area (Å²) in [4.78, 5) is 18.7. The van der Waals surface area contributed by atoms with E-state index in [9.17, 15) is 4.79 Å². The van der Waals surface area contributed by atoms with Crippen molar-refractivity contribution in [1.29, 1.82) is 0 Å². The van der Waals surface area contributed by atoms with E-state index in [4.69, 9.17) is 11.6 Å². The van der Waals surface area contributed by atoms with Gasteiger partial charge in [-0.2, -0.15) is 0 Å². The number of aldehydes is 1. The Labute approximate surface area is 123 Å². The number of carbonyl (C=O) groups is 1. The molecule has 6 heteroatoms. The van der Waals surface area contributed by atoms with Crippen LogP contribution in [0.1, 0.15) is 15.9 Å². The van der Waals surface area contributed by atoms with Crippen molar-refractivity contribution >= 4 is 52.0 Å². The van der Waals surface area contributed by atoms with E-state index in [1.807, 2.05) is 25.1 Å². The molecule has 0 spiro atoms. The van der Waals surface area contributed by atoms with E-state index < -0.39 is 0 Å². The summed E-state index contributed by atoms with van der Waals surface area (Å²) >= 11 is 8.08. The van der Waals surface area contributed by atoms with Crippen LogP contribution in [0.2, 0.25) is 5.15 Å². The minimum absolute atomic E-state index is 0.143. The summed E-state index contributed by atoms with van der Waals surface area (Å²) in [5.41, 5.74) is 2.30. The standard InChI is InChI=1S/C12H9ClIN3O/c1-7-2-3-8(4-10(7)14)17-12-9(5-18)11(13)15-6-16-12/h2-6H,1H3,(H,15,16,17). The lowest BCUT2D eigenvalue weighted by molar-refractivity contribution is 0.112. The van der Waals surface area contributed by atoms with Crippen LogP contribution in [0, 0.1) is 10.5 Å². The van der Waals surface area contributed by atoms with Crippen molar-refractivity contribution in [3.05, 3.63) is 44.4 Å². The number of rotatable bonds is 3. The maximum absolute atomic E-state index is 11.0. The predicted octanol–water partition coefficient (Wildman–Crippen LogP) is 3.60. The zero-order chi connectivity index (χ0) is 13.1. The normalized spacial score (nSPS) is 10.2. The molecule has 0 fully saturated rings. The van der Waals surface area contributed by atoms with Crippen LogP contribution >= 0.6 is 34.2 Å². The molecular formula is C12H9ClIN3O. The second kappa shape index (κ2) is 5.62. The maximum atomic E-state index is 11.0. The average Bonchev–Trinajstić information content (AvgIpc) is 2.34. The van der Waals surface area contributed by atoms with Gasteiger partial charge in [-0.05, 0) is 47.2 Å². The van der Waals surface area contributed by atoms with E-state index in [2.05, 4.69) is 37.9 Å². The summed E-state index contributed by atoms with van der Waals surface area (Å²) in [5, 5.41) is 3.20. The van der Waals surface area contributed by atoms with Crippen molar-refractivity contribution in [3.8, 4) is 0 Å². The SMILES string of the molecule is Cc1ccc(Nc2ncnc(Cl)c2C=O)cc1I. The first-order valence-corrected chi connectivity index (χ1v) is 6.56. The van der Waals surface area contributed by atoms with Crippen LogP contribution in [-0.2, 0) is 0 Å². The molecule has 0 aliphatic rings. The lowest BCUT2D eigenvalue weighted by atomic mass is 10.2. The Kier molecular flexibility index (Phi) is 4.13. The van der Waals surface area contributed by atoms with Gasteiger partial charge in [0.25, 0.3) is 0 Å². The highest BCUT2D eigenvalue weighted by molar-refractivity contribution is 14.1. The van der Waals surface area contributed by atoms with E-state index in [0.717, 1.165) is 9.26 Å². The van der Waals surface area contributed by atoms with Gasteiger partial charge in [-0.15, -0.1) is 0 Å². The first-order chi connectivity index (χ1) is 8.61. The molecule has 0 saturated heterocycles. The molecule has 0 radical (unpaired) electrons. The number of hydrogen-bond donors (Lipinski definition) is 1. The maximum Gasteiger partial charge on any atom is 0.156 e. The first-order valence-electron chi connectivity index (χ1n) is 5.10. The van der Waals surface area contributed by atoms with Crippen molar-refractivity contribution in [2.45, 2.75) is 6.92 Å². The zero-order valence-electron chi connectivity index (χ0n) is 9.45. The number of carbonyl (C=O) groups excluding carboxylic acids is 1. The monoisotopic (exact) mass is 373 g/mol. The second-order valence-corrected chi connectivity index (χ2v) is 5.15. The molecule has 92 valence electrons. The highest BCUT2D eigenvalue weighted by Gasteiger charge is 2.09. The molecule has 1 aromatic heterocycles. The van der Waals surface area contributed by atoms with Gasteiger partial charge in [0.1, 0.15) is 17.3 Å². The highest BCUT2D eigenvalue weighted by atomic mass is 127. The van der Waals surface area contributed by atoms with Crippen molar-refractivity contribution in [2.75, 3.05) is 5.32 Å². The minimum Gasteiger partial charge on any atom is -0.339 e. The summed E-state index contributed by atoms with van der Waals surface area (Å²) in [7, 11) is 0. The highest BCUT2D eigenvalue weighted by Crippen LogP contribution is 2.23. The summed E-state index contributed by atoms with van der Waals surface area (Å²) < 4.78 is 1.13. The zero-order valence-corrected chi connectivity index (χ0v) is 12.4. The number of hydrogen-bond acceptors (Lipinski definition) is 4. The molecule has 0 aliphatic carbocycles. The molecule has 4 nitrogen and oxygen atoms in total. The Morgan fingerprint density at radius 3 is 2.83 bits per heavy atom. The van der Waals surface area contributed by atoms with Gasteiger partial charge in [-0.25, -0.2) is 9.97 Å². The third-order valence-electron chi connectivity index (χ3n) is 2.39. The number of aryl methyl sites for hydroxylation is 1. The van der Waals surface area contributed by atoms with Gasteiger partial charge in [-0.3, -0.25) is 4.79 Å². The fourth-order valence-electron chi connectivity index (χ4n) is 1.39. The van der Waals surface area contributed by atoms with Gasteiger partial charge in [0, 0.05) is 9.26 Å². The molecular weight excluding hydrogens is 365 g/mol. The van der Waals surface area contributed by atoms with Crippen LogP contribution in [0.5, 0.6) is 0 Å². The molecule has 0 atom stereocenters. The Morgan fingerprint density at radius 2 is 2.17 bits per heavy atom. The van der Waals surface area contributed by atoms with Crippen molar-refractivity contribution in [3.63, 3.8) is 0 Å². The Balaban J connectivity index is 2.36. The molecule has 0 unspecified atom stereocenters. The van der Waals surface area contributed by atoms with E-state index in [-0.39, 0.29) is 10.7 Å². The van der Waals surface area contributed by atoms with Gasteiger partial charge >= 0.3 is 0 Å². The number of benzene rings is 1. The number of anilines is 2. The van der Waals surface area contributed by atoms with Crippen LogP contribution < -0.4 is 5.32 Å². The second-order valence-electron chi connectivity index (χ2n) is 3.63. The lowest BCUT2D eigenvalue weighted by Gasteiger charge is -2.09. The molecule has 0 aliphatic heterocycles. The van der Waals surface area contributed by atoms with Gasteiger partial charge in [0.15, 0.2) is 6.29 Å². The predicted molar refractivity (Wildman–Crippen MR) is 79.6 cm³/mol. The molecule has 1 aromatic carbocycles. The summed E-state index contributed by atoms with van der Waals surface area (Å²) in [5.74, 6) is 0.407. The van der Waals surface area contributed by atoms with Crippen molar-refractivity contribution in [2.24, 2.45) is 0 Å². The first kappa shape index (κ1) is 13.2. The smallest absolute Gasteiger partial charge is 0.156 e.